The van der Waals surface area contributed by atoms with Gasteiger partial charge in [-0.05, 0) is 12.0 Å². The predicted octanol–water partition coefficient (Wildman–Crippen LogP) is 4.88. The number of halogens is 5. The van der Waals surface area contributed by atoms with Crippen molar-refractivity contribution >= 4 is 10.2 Å². The molecule has 0 amide bonds. The Balaban J connectivity index is 2.59. The quantitative estimate of drug-likeness (QED) is 0.522. The molecular weight excluding hydrogens is 247 g/mol. The van der Waals surface area contributed by atoms with E-state index >= 15 is 0 Å². The van der Waals surface area contributed by atoms with Gasteiger partial charge < -0.3 is 0 Å². The van der Waals surface area contributed by atoms with Crippen LogP contribution in [0.2, 0.25) is 0 Å². The molecule has 0 bridgehead atoms. The van der Waals surface area contributed by atoms with E-state index in [2.05, 4.69) is 0 Å². The molecule has 0 aliphatic carbocycles. The van der Waals surface area contributed by atoms with E-state index in [9.17, 15) is 19.4 Å². The number of aryl methyl sites for hydroxylation is 1. The third-order valence-electron chi connectivity index (χ3n) is 1.65. The zero-order chi connectivity index (χ0) is 12.3. The standard InChI is InChI=1S/C10H9F5S/c11-16(12,13,14,15)9-5-4-8-10-6-2-1-3-7-10/h1-3,6-7H,4,8H2. The highest BCUT2D eigenvalue weighted by Gasteiger charge is 2.62. The van der Waals surface area contributed by atoms with E-state index in [0.717, 1.165) is 5.56 Å². The summed E-state index contributed by atoms with van der Waals surface area (Å²) in [7, 11) is -9.54. The van der Waals surface area contributed by atoms with Crippen molar-refractivity contribution in [3.05, 3.63) is 35.9 Å². The second-order valence-electron chi connectivity index (χ2n) is 3.23. The van der Waals surface area contributed by atoms with Gasteiger partial charge in [0.25, 0.3) is 0 Å². The highest BCUT2D eigenvalue weighted by Crippen LogP contribution is 2.97. The number of rotatable bonds is 2. The first-order valence-electron chi connectivity index (χ1n) is 4.34. The maximum atomic E-state index is 11.8. The fourth-order valence-corrected chi connectivity index (χ4v) is 1.41. The van der Waals surface area contributed by atoms with Gasteiger partial charge in [-0.1, -0.05) is 55.7 Å². The van der Waals surface area contributed by atoms with E-state index < -0.39 is 10.2 Å². The van der Waals surface area contributed by atoms with Gasteiger partial charge >= 0.3 is 10.2 Å². The minimum Gasteiger partial charge on any atom is -0.0873 e. The average Bonchev–Trinajstić information content (AvgIpc) is 2.11. The predicted molar refractivity (Wildman–Crippen MR) is 55.7 cm³/mol. The Morgan fingerprint density at radius 1 is 0.938 bits per heavy atom. The normalized spacial score (nSPS) is 15.6. The Morgan fingerprint density at radius 3 is 2.00 bits per heavy atom. The minimum atomic E-state index is -9.54. The molecule has 0 aliphatic rings. The Bertz CT molecular complexity index is 422. The lowest BCUT2D eigenvalue weighted by atomic mass is 10.1. The van der Waals surface area contributed by atoms with Crippen LogP contribution in [0, 0.1) is 11.2 Å². The maximum absolute atomic E-state index is 11.8. The molecule has 0 nitrogen and oxygen atoms in total. The van der Waals surface area contributed by atoms with Crippen molar-refractivity contribution in [1.29, 1.82) is 0 Å². The fraction of sp³-hybridized carbons (Fsp3) is 0.200. The first-order valence-corrected chi connectivity index (χ1v) is 6.29. The average molecular weight is 256 g/mol. The molecule has 0 heterocycles. The van der Waals surface area contributed by atoms with E-state index in [4.69, 9.17) is 0 Å². The summed E-state index contributed by atoms with van der Waals surface area (Å²) < 4.78 is 58.8. The molecule has 0 N–H and O–H groups in total. The topological polar surface area (TPSA) is 0 Å². The molecule has 0 atom stereocenters. The Kier molecular flexibility index (Phi) is 2.72. The Labute approximate surface area is 90.2 Å². The molecule has 0 aliphatic heterocycles. The van der Waals surface area contributed by atoms with Crippen molar-refractivity contribution < 1.29 is 19.4 Å². The van der Waals surface area contributed by atoms with Crippen LogP contribution in [0.15, 0.2) is 30.3 Å². The molecule has 0 unspecified atom stereocenters. The summed E-state index contributed by atoms with van der Waals surface area (Å²) in [5.74, 6) is 1.48. The lowest BCUT2D eigenvalue weighted by Gasteiger charge is -2.33. The van der Waals surface area contributed by atoms with Crippen LogP contribution in [0.4, 0.5) is 19.4 Å². The molecule has 1 aromatic rings. The second-order valence-corrected chi connectivity index (χ2v) is 5.38. The summed E-state index contributed by atoms with van der Waals surface area (Å²) in [5.41, 5.74) is 0.763. The van der Waals surface area contributed by atoms with Crippen molar-refractivity contribution in [2.75, 3.05) is 0 Å². The van der Waals surface area contributed by atoms with Crippen LogP contribution in [0.5, 0.6) is 0 Å². The summed E-state index contributed by atoms with van der Waals surface area (Å²) in [6.45, 7) is 0. The van der Waals surface area contributed by atoms with Gasteiger partial charge in [-0.2, -0.15) is 0 Å². The van der Waals surface area contributed by atoms with Gasteiger partial charge in [0.15, 0.2) is 0 Å². The Morgan fingerprint density at radius 2 is 1.50 bits per heavy atom. The van der Waals surface area contributed by atoms with Crippen LogP contribution >= 0.6 is 10.2 Å². The molecule has 0 aromatic heterocycles. The molecule has 0 radical (unpaired) electrons. The first kappa shape index (κ1) is 12.8. The summed E-state index contributed by atoms with van der Waals surface area (Å²) >= 11 is 0. The number of hydrogen-bond donors (Lipinski definition) is 0. The van der Waals surface area contributed by atoms with Gasteiger partial charge in [-0.25, -0.2) is 0 Å². The number of hydrogen-bond acceptors (Lipinski definition) is 0. The zero-order valence-corrected chi connectivity index (χ0v) is 8.92. The van der Waals surface area contributed by atoms with Crippen LogP contribution < -0.4 is 0 Å². The third kappa shape index (κ3) is 6.30. The molecule has 90 valence electrons. The summed E-state index contributed by atoms with van der Waals surface area (Å²) in [6, 6.07) is 8.58. The van der Waals surface area contributed by atoms with Gasteiger partial charge in [0.1, 0.15) is 0 Å². The molecule has 0 fully saturated rings. The van der Waals surface area contributed by atoms with Gasteiger partial charge in [0.2, 0.25) is 0 Å². The zero-order valence-electron chi connectivity index (χ0n) is 8.10. The largest absolute Gasteiger partial charge is 0.345 e. The monoisotopic (exact) mass is 256 g/mol. The van der Waals surface area contributed by atoms with Gasteiger partial charge in [0.05, 0.1) is 5.25 Å². The molecule has 0 spiro atoms. The fourth-order valence-electron chi connectivity index (χ4n) is 1.04. The Hall–Kier alpha value is -1.22. The van der Waals surface area contributed by atoms with Gasteiger partial charge in [-0.15, -0.1) is 0 Å². The summed E-state index contributed by atoms with van der Waals surface area (Å²) in [5, 5.41) is 0.180. The van der Waals surface area contributed by atoms with Crippen LogP contribution in [-0.4, -0.2) is 0 Å². The first-order chi connectivity index (χ1) is 7.05. The summed E-state index contributed by atoms with van der Waals surface area (Å²) in [6.07, 6.45) is -0.0166. The van der Waals surface area contributed by atoms with Gasteiger partial charge in [-0.3, -0.25) is 0 Å². The molecule has 1 aromatic carbocycles. The smallest absolute Gasteiger partial charge is 0.0873 e. The summed E-state index contributed by atoms with van der Waals surface area (Å²) in [4.78, 5) is 0. The van der Waals surface area contributed by atoms with E-state index in [1.807, 2.05) is 0 Å². The lowest BCUT2D eigenvalue weighted by molar-refractivity contribution is 0.388. The SMILES string of the molecule is FS(F)(F)(F)(F)C#CCCc1ccccc1. The molecule has 0 saturated carbocycles. The van der Waals surface area contributed by atoms with Crippen molar-refractivity contribution in [2.45, 2.75) is 12.8 Å². The minimum absolute atomic E-state index is 0.180. The van der Waals surface area contributed by atoms with E-state index in [1.54, 1.807) is 30.3 Å². The molecule has 1 rings (SSSR count). The van der Waals surface area contributed by atoms with E-state index in [1.165, 1.54) is 5.92 Å². The molecule has 0 saturated heterocycles. The lowest BCUT2D eigenvalue weighted by Crippen LogP contribution is -2.00. The van der Waals surface area contributed by atoms with Crippen LogP contribution in [0.3, 0.4) is 0 Å². The van der Waals surface area contributed by atoms with E-state index in [-0.39, 0.29) is 18.1 Å². The van der Waals surface area contributed by atoms with Crippen LogP contribution in [0.25, 0.3) is 0 Å². The van der Waals surface area contributed by atoms with Crippen molar-refractivity contribution in [2.24, 2.45) is 0 Å². The van der Waals surface area contributed by atoms with Gasteiger partial charge in [0, 0.05) is 6.42 Å². The highest BCUT2D eigenvalue weighted by molar-refractivity contribution is 8.49. The van der Waals surface area contributed by atoms with Crippen LogP contribution in [-0.2, 0) is 6.42 Å². The molecule has 16 heavy (non-hydrogen) atoms. The molecular formula is C10H9F5S. The highest BCUT2D eigenvalue weighted by atomic mass is 32.5. The number of benzene rings is 1. The van der Waals surface area contributed by atoms with Crippen molar-refractivity contribution in [3.8, 4) is 11.2 Å². The third-order valence-corrected chi connectivity index (χ3v) is 2.18. The molecule has 6 heteroatoms. The van der Waals surface area contributed by atoms with Crippen molar-refractivity contribution in [3.63, 3.8) is 0 Å². The second kappa shape index (κ2) is 3.39. The van der Waals surface area contributed by atoms with E-state index in [0.29, 0.717) is 0 Å². The van der Waals surface area contributed by atoms with Crippen molar-refractivity contribution in [1.82, 2.24) is 0 Å². The maximum Gasteiger partial charge on any atom is 0.345 e. The van der Waals surface area contributed by atoms with Crippen LogP contribution in [0.1, 0.15) is 12.0 Å².